The Bertz CT molecular complexity index is 929. The van der Waals surface area contributed by atoms with Crippen LogP contribution in [0, 0.1) is 5.82 Å². The predicted molar refractivity (Wildman–Crippen MR) is 117 cm³/mol. The van der Waals surface area contributed by atoms with E-state index in [4.69, 9.17) is 26.8 Å². The summed E-state index contributed by atoms with van der Waals surface area (Å²) in [5.74, 6) is 0.0374. The summed E-state index contributed by atoms with van der Waals surface area (Å²) in [6.45, 7) is 1.97. The summed E-state index contributed by atoms with van der Waals surface area (Å²) in [4.78, 5) is 27.5. The summed E-state index contributed by atoms with van der Waals surface area (Å²) in [6.07, 6.45) is 2.74. The van der Waals surface area contributed by atoms with E-state index in [0.29, 0.717) is 43.3 Å². The van der Waals surface area contributed by atoms with Gasteiger partial charge in [0.2, 0.25) is 5.95 Å². The second-order valence-electron chi connectivity index (χ2n) is 7.06. The number of carbonyl (C=O) groups excluding carboxylic acids is 1. The minimum absolute atomic E-state index is 0.201. The number of aromatic nitrogens is 2. The van der Waals surface area contributed by atoms with Crippen molar-refractivity contribution < 1.29 is 18.8 Å². The molecule has 11 nitrogen and oxygen atoms in total. The molecule has 2 aromatic rings. The van der Waals surface area contributed by atoms with Gasteiger partial charge in [0, 0.05) is 61.6 Å². The first-order valence-electron chi connectivity index (χ1n) is 10.1. The molecule has 3 rings (SSSR count). The number of rotatable bonds is 8. The summed E-state index contributed by atoms with van der Waals surface area (Å²) in [7, 11) is 0. The van der Waals surface area contributed by atoms with Crippen LogP contribution >= 0.6 is 0 Å². The summed E-state index contributed by atoms with van der Waals surface area (Å²) >= 11 is 0. The van der Waals surface area contributed by atoms with Crippen LogP contribution in [-0.4, -0.2) is 54.3 Å². The molecule has 1 aliphatic heterocycles. The van der Waals surface area contributed by atoms with E-state index >= 15 is 0 Å². The number of anilines is 1. The smallest absolute Gasteiger partial charge is 0.409 e. The van der Waals surface area contributed by atoms with Crippen molar-refractivity contribution in [3.05, 3.63) is 42.0 Å². The summed E-state index contributed by atoms with van der Waals surface area (Å²) in [6, 6.07) is 4.79. The van der Waals surface area contributed by atoms with E-state index in [1.165, 1.54) is 6.07 Å². The average molecular weight is 446 g/mol. The van der Waals surface area contributed by atoms with Crippen LogP contribution in [0.2, 0.25) is 0 Å². The van der Waals surface area contributed by atoms with Crippen LogP contribution in [0.5, 0.6) is 0 Å². The lowest BCUT2D eigenvalue weighted by molar-refractivity contribution is 0.135. The summed E-state index contributed by atoms with van der Waals surface area (Å²) < 4.78 is 19.9. The average Bonchev–Trinajstić information content (AvgIpc) is 2.79. The molecule has 7 N–H and O–H groups in total. The first-order chi connectivity index (χ1) is 15.5. The van der Waals surface area contributed by atoms with Gasteiger partial charge in [0.1, 0.15) is 25.3 Å². The molecular weight excluding hydrogens is 419 g/mol. The lowest BCUT2D eigenvalue weighted by Crippen LogP contribution is -2.48. The van der Waals surface area contributed by atoms with Gasteiger partial charge in [0.05, 0.1) is 5.71 Å². The third-order valence-electron chi connectivity index (χ3n) is 4.70. The third-order valence-corrected chi connectivity index (χ3v) is 4.70. The topological polar surface area (TPSA) is 167 Å². The molecule has 32 heavy (non-hydrogen) atoms. The Kier molecular flexibility index (Phi) is 8.25. The van der Waals surface area contributed by atoms with Crippen molar-refractivity contribution in [2.24, 2.45) is 22.4 Å². The molecule has 0 radical (unpaired) electrons. The molecule has 1 aliphatic rings. The molecule has 2 heterocycles. The molecule has 12 heteroatoms. The molecule has 1 fully saturated rings. The second-order valence-corrected chi connectivity index (χ2v) is 7.06. The normalized spacial score (nSPS) is 13.8. The number of alkyl carbamates (subject to hydrolysis) is 1. The fraction of sp³-hybridized carbons (Fsp3) is 0.400. The number of nitrogens with one attached hydrogen (secondary N) is 1. The highest BCUT2D eigenvalue weighted by molar-refractivity contribution is 5.86. The minimum Gasteiger partial charge on any atom is -0.445 e. The van der Waals surface area contributed by atoms with E-state index in [-0.39, 0.29) is 12.2 Å². The molecule has 1 saturated heterocycles. The number of carbonyl (C=O) groups is 1. The molecule has 0 bridgehead atoms. The van der Waals surface area contributed by atoms with Crippen LogP contribution in [0.4, 0.5) is 15.1 Å². The zero-order chi connectivity index (χ0) is 22.9. The van der Waals surface area contributed by atoms with E-state index in [1.807, 2.05) is 4.90 Å². The van der Waals surface area contributed by atoms with E-state index in [0.717, 1.165) is 18.6 Å². The number of halogens is 1. The number of oxime groups is 1. The molecule has 0 aliphatic carbocycles. The maximum Gasteiger partial charge on any atom is 0.409 e. The van der Waals surface area contributed by atoms with Gasteiger partial charge in [0.25, 0.3) is 0 Å². The standard InChI is InChI=1S/C20H27FN8O3/c21-17-13(12-31-20(30)27-18(23)24)2-1-3-16(17)14-10-25-19(26-11-14)29-7-4-15(5-8-29)28-32-9-6-22/h1-3,10-11,18H,4-9,12,22-24H2,(H,27,30). The number of hydrogen-bond donors (Lipinski definition) is 4. The number of nitrogens with two attached hydrogens (primary N) is 3. The Morgan fingerprint density at radius 2 is 1.97 bits per heavy atom. The number of nitrogens with zero attached hydrogens (tertiary/aromatic N) is 4. The highest BCUT2D eigenvalue weighted by Crippen LogP contribution is 2.25. The van der Waals surface area contributed by atoms with Gasteiger partial charge in [-0.1, -0.05) is 23.4 Å². The van der Waals surface area contributed by atoms with Crippen molar-refractivity contribution in [3.8, 4) is 11.1 Å². The monoisotopic (exact) mass is 446 g/mol. The molecule has 0 spiro atoms. The quantitative estimate of drug-likeness (QED) is 0.258. The van der Waals surface area contributed by atoms with Crippen molar-refractivity contribution in [2.75, 3.05) is 31.1 Å². The lowest BCUT2D eigenvalue weighted by atomic mass is 10.1. The second kappa shape index (κ2) is 11.3. The molecule has 172 valence electrons. The molecule has 1 aromatic carbocycles. The Labute approximate surface area is 184 Å². The largest absolute Gasteiger partial charge is 0.445 e. The van der Waals surface area contributed by atoms with Crippen LogP contribution < -0.4 is 27.4 Å². The van der Waals surface area contributed by atoms with Crippen molar-refractivity contribution in [1.29, 1.82) is 0 Å². The Morgan fingerprint density at radius 1 is 1.25 bits per heavy atom. The zero-order valence-corrected chi connectivity index (χ0v) is 17.5. The molecule has 0 saturated carbocycles. The first-order valence-corrected chi connectivity index (χ1v) is 10.1. The Hall–Kier alpha value is -3.35. The van der Waals surface area contributed by atoms with Gasteiger partial charge in [-0.3, -0.25) is 16.8 Å². The van der Waals surface area contributed by atoms with Crippen LogP contribution in [-0.2, 0) is 16.2 Å². The number of benzene rings is 1. The first kappa shape index (κ1) is 23.3. The van der Waals surface area contributed by atoms with Crippen molar-refractivity contribution in [3.63, 3.8) is 0 Å². The van der Waals surface area contributed by atoms with E-state index in [2.05, 4.69) is 20.4 Å². The number of ether oxygens (including phenoxy) is 1. The fourth-order valence-corrected chi connectivity index (χ4v) is 3.10. The van der Waals surface area contributed by atoms with Gasteiger partial charge in [-0.05, 0) is 0 Å². The van der Waals surface area contributed by atoms with Gasteiger partial charge >= 0.3 is 6.09 Å². The van der Waals surface area contributed by atoms with Crippen LogP contribution in [0.15, 0.2) is 35.7 Å². The third kappa shape index (κ3) is 6.33. The summed E-state index contributed by atoms with van der Waals surface area (Å²) in [5, 5.41) is 6.25. The number of piperidine rings is 1. The SMILES string of the molecule is NCCON=C1CCN(c2ncc(-c3cccc(COC(=O)NC(N)N)c3F)cn2)CC1. The van der Waals surface area contributed by atoms with Gasteiger partial charge in [-0.2, -0.15) is 0 Å². The molecule has 1 amide bonds. The molecule has 0 unspecified atom stereocenters. The number of hydrogen-bond acceptors (Lipinski definition) is 10. The van der Waals surface area contributed by atoms with E-state index < -0.39 is 18.2 Å². The fourth-order valence-electron chi connectivity index (χ4n) is 3.10. The van der Waals surface area contributed by atoms with Crippen LogP contribution in [0.25, 0.3) is 11.1 Å². The zero-order valence-electron chi connectivity index (χ0n) is 17.5. The minimum atomic E-state index is -1.06. The maximum absolute atomic E-state index is 14.9. The van der Waals surface area contributed by atoms with E-state index in [9.17, 15) is 9.18 Å². The Balaban J connectivity index is 1.62. The summed E-state index contributed by atoms with van der Waals surface area (Å²) in [5.41, 5.74) is 17.9. The molecule has 0 atom stereocenters. The maximum atomic E-state index is 14.9. The highest BCUT2D eigenvalue weighted by atomic mass is 19.1. The highest BCUT2D eigenvalue weighted by Gasteiger charge is 2.19. The van der Waals surface area contributed by atoms with E-state index in [1.54, 1.807) is 24.5 Å². The number of amides is 1. The van der Waals surface area contributed by atoms with Gasteiger partial charge < -0.3 is 20.2 Å². The molecular formula is C20H27FN8O3. The predicted octanol–water partition coefficient (Wildman–Crippen LogP) is 0.641. The molecule has 1 aromatic heterocycles. The Morgan fingerprint density at radius 3 is 2.62 bits per heavy atom. The van der Waals surface area contributed by atoms with Crippen molar-refractivity contribution in [2.45, 2.75) is 25.7 Å². The van der Waals surface area contributed by atoms with Gasteiger partial charge in [-0.15, -0.1) is 0 Å². The van der Waals surface area contributed by atoms with Gasteiger partial charge in [0.15, 0.2) is 0 Å². The van der Waals surface area contributed by atoms with Crippen molar-refractivity contribution in [1.82, 2.24) is 15.3 Å². The van der Waals surface area contributed by atoms with Gasteiger partial charge in [-0.25, -0.2) is 19.2 Å². The lowest BCUT2D eigenvalue weighted by Gasteiger charge is -2.27. The van der Waals surface area contributed by atoms with Crippen molar-refractivity contribution >= 4 is 17.8 Å². The van der Waals surface area contributed by atoms with Crippen LogP contribution in [0.3, 0.4) is 0 Å². The van der Waals surface area contributed by atoms with Crippen LogP contribution in [0.1, 0.15) is 18.4 Å².